The maximum Gasteiger partial charge on any atom is 0.236 e. The van der Waals surface area contributed by atoms with E-state index in [2.05, 4.69) is 5.32 Å². The van der Waals surface area contributed by atoms with Crippen LogP contribution in [0, 0.1) is 11.8 Å². The molecule has 0 spiro atoms. The molecule has 2 aliphatic rings. The van der Waals surface area contributed by atoms with Crippen LogP contribution in [0.1, 0.15) is 6.42 Å². The molecule has 0 radical (unpaired) electrons. The van der Waals surface area contributed by atoms with E-state index in [1.54, 1.807) is 4.90 Å². The highest BCUT2D eigenvalue weighted by Gasteiger charge is 2.45. The Hall–Kier alpha value is -1.43. The quantitative estimate of drug-likeness (QED) is 0.494. The van der Waals surface area contributed by atoms with Crippen LogP contribution in [0.5, 0.6) is 0 Å². The van der Waals surface area contributed by atoms with Crippen molar-refractivity contribution in [3.05, 3.63) is 0 Å². The van der Waals surface area contributed by atoms with Gasteiger partial charge in [0.05, 0.1) is 18.4 Å². The lowest BCUT2D eigenvalue weighted by Gasteiger charge is -2.32. The summed E-state index contributed by atoms with van der Waals surface area (Å²) in [5.74, 6) is -1.26. The lowest BCUT2D eigenvalue weighted by molar-refractivity contribution is -0.135. The minimum Gasteiger partial charge on any atom is -0.341 e. The molecule has 3 amide bonds. The topological polar surface area (TPSA) is 92.5 Å². The molecule has 2 saturated heterocycles. The summed E-state index contributed by atoms with van der Waals surface area (Å²) in [4.78, 5) is 35.6. The lowest BCUT2D eigenvalue weighted by Crippen LogP contribution is -2.46. The van der Waals surface area contributed by atoms with Gasteiger partial charge in [0, 0.05) is 13.1 Å². The van der Waals surface area contributed by atoms with Gasteiger partial charge in [-0.1, -0.05) is 0 Å². The number of hydrogen-bond acceptors (Lipinski definition) is 4. The lowest BCUT2D eigenvalue weighted by atomic mass is 9.88. The zero-order chi connectivity index (χ0) is 11.0. The van der Waals surface area contributed by atoms with Crippen molar-refractivity contribution in [2.45, 2.75) is 6.42 Å². The molecule has 2 rings (SSSR count). The molecule has 82 valence electrons. The number of fused-ring (bicyclic) bond motifs is 1. The summed E-state index contributed by atoms with van der Waals surface area (Å²) in [7, 11) is 0. The normalized spacial score (nSPS) is 30.1. The molecule has 0 bridgehead atoms. The number of hydrogen-bond donors (Lipinski definition) is 2. The van der Waals surface area contributed by atoms with Gasteiger partial charge >= 0.3 is 0 Å². The number of nitrogens with zero attached hydrogens (tertiary/aromatic N) is 1. The molecule has 3 N–H and O–H groups in total. The molecule has 0 aromatic rings. The van der Waals surface area contributed by atoms with E-state index in [0.717, 1.165) is 0 Å². The van der Waals surface area contributed by atoms with Gasteiger partial charge in [-0.2, -0.15) is 0 Å². The summed E-state index contributed by atoms with van der Waals surface area (Å²) < 4.78 is 0. The molecule has 2 heterocycles. The zero-order valence-electron chi connectivity index (χ0n) is 8.23. The minimum atomic E-state index is -0.373. The summed E-state index contributed by atoms with van der Waals surface area (Å²) in [6, 6.07) is 0. The number of imide groups is 1. The average molecular weight is 211 g/mol. The van der Waals surface area contributed by atoms with Crippen molar-refractivity contribution in [3.63, 3.8) is 0 Å². The van der Waals surface area contributed by atoms with Crippen molar-refractivity contribution >= 4 is 17.7 Å². The molecule has 0 saturated carbocycles. The van der Waals surface area contributed by atoms with Crippen molar-refractivity contribution in [2.24, 2.45) is 17.6 Å². The Morgan fingerprint density at radius 2 is 2.07 bits per heavy atom. The van der Waals surface area contributed by atoms with Gasteiger partial charge in [0.25, 0.3) is 0 Å². The standard InChI is InChI=1S/C9H13N3O3/c10-3-7(13)12-2-1-5-6(4-12)9(15)11-8(5)14/h5-6H,1-4,10H2,(H,11,14,15)/t5-,6+/m0/s1. The van der Waals surface area contributed by atoms with Crippen LogP contribution >= 0.6 is 0 Å². The van der Waals surface area contributed by atoms with E-state index in [4.69, 9.17) is 5.73 Å². The molecular formula is C9H13N3O3. The monoisotopic (exact) mass is 211 g/mol. The predicted octanol–water partition coefficient (Wildman–Crippen LogP) is -1.93. The van der Waals surface area contributed by atoms with Crippen LogP contribution in [-0.2, 0) is 14.4 Å². The van der Waals surface area contributed by atoms with Crippen LogP contribution in [0.25, 0.3) is 0 Å². The Kier molecular flexibility index (Phi) is 2.44. The van der Waals surface area contributed by atoms with Crippen LogP contribution in [-0.4, -0.2) is 42.3 Å². The minimum absolute atomic E-state index is 0.0487. The van der Waals surface area contributed by atoms with E-state index in [1.807, 2.05) is 0 Å². The fourth-order valence-corrected chi connectivity index (χ4v) is 2.19. The van der Waals surface area contributed by atoms with Gasteiger partial charge in [-0.05, 0) is 6.42 Å². The number of rotatable bonds is 1. The summed E-state index contributed by atoms with van der Waals surface area (Å²) in [6.07, 6.45) is 0.550. The van der Waals surface area contributed by atoms with E-state index < -0.39 is 0 Å². The number of nitrogens with two attached hydrogens (primary N) is 1. The van der Waals surface area contributed by atoms with Gasteiger partial charge in [0.2, 0.25) is 17.7 Å². The highest BCUT2D eigenvalue weighted by Crippen LogP contribution is 2.28. The van der Waals surface area contributed by atoms with Crippen LogP contribution in [0.15, 0.2) is 0 Å². The fourth-order valence-electron chi connectivity index (χ4n) is 2.19. The van der Waals surface area contributed by atoms with Gasteiger partial charge in [-0.3, -0.25) is 19.7 Å². The van der Waals surface area contributed by atoms with E-state index >= 15 is 0 Å². The molecule has 2 aliphatic heterocycles. The van der Waals surface area contributed by atoms with Crippen molar-refractivity contribution in [1.82, 2.24) is 10.2 Å². The summed E-state index contributed by atoms with van der Waals surface area (Å²) in [5.41, 5.74) is 5.24. The largest absolute Gasteiger partial charge is 0.341 e. The summed E-state index contributed by atoms with van der Waals surface area (Å²) >= 11 is 0. The number of amides is 3. The number of carbonyl (C=O) groups is 3. The van der Waals surface area contributed by atoms with Gasteiger partial charge in [-0.15, -0.1) is 0 Å². The number of piperidine rings is 1. The number of likely N-dealkylation sites (tertiary alicyclic amines) is 1. The highest BCUT2D eigenvalue weighted by molar-refractivity contribution is 6.05. The Morgan fingerprint density at radius 3 is 2.73 bits per heavy atom. The molecule has 0 aromatic carbocycles. The Balaban J connectivity index is 2.08. The zero-order valence-corrected chi connectivity index (χ0v) is 8.23. The van der Waals surface area contributed by atoms with Crippen LogP contribution in [0.2, 0.25) is 0 Å². The first-order valence-corrected chi connectivity index (χ1v) is 4.96. The van der Waals surface area contributed by atoms with E-state index in [1.165, 1.54) is 0 Å². The second kappa shape index (κ2) is 3.62. The molecule has 0 aromatic heterocycles. The smallest absolute Gasteiger partial charge is 0.236 e. The van der Waals surface area contributed by atoms with Crippen molar-refractivity contribution in [2.75, 3.05) is 19.6 Å². The third kappa shape index (κ3) is 1.61. The van der Waals surface area contributed by atoms with Crippen molar-refractivity contribution in [3.8, 4) is 0 Å². The molecule has 6 nitrogen and oxygen atoms in total. The summed E-state index contributed by atoms with van der Waals surface area (Å²) in [5, 5.41) is 2.29. The Labute approximate surface area is 86.8 Å². The Morgan fingerprint density at radius 1 is 1.40 bits per heavy atom. The van der Waals surface area contributed by atoms with Crippen LogP contribution in [0.4, 0.5) is 0 Å². The predicted molar refractivity (Wildman–Crippen MR) is 50.4 cm³/mol. The van der Waals surface area contributed by atoms with Crippen LogP contribution in [0.3, 0.4) is 0 Å². The van der Waals surface area contributed by atoms with Gasteiger partial charge in [0.1, 0.15) is 0 Å². The number of nitrogens with one attached hydrogen (secondary N) is 1. The molecule has 2 fully saturated rings. The van der Waals surface area contributed by atoms with Crippen molar-refractivity contribution < 1.29 is 14.4 Å². The third-order valence-electron chi connectivity index (χ3n) is 3.06. The van der Waals surface area contributed by atoms with Gasteiger partial charge < -0.3 is 10.6 Å². The van der Waals surface area contributed by atoms with E-state index in [0.29, 0.717) is 19.5 Å². The molecular weight excluding hydrogens is 198 g/mol. The first-order valence-electron chi connectivity index (χ1n) is 4.96. The second-order valence-electron chi connectivity index (χ2n) is 3.90. The highest BCUT2D eigenvalue weighted by atomic mass is 16.2. The molecule has 0 unspecified atom stereocenters. The molecule has 0 aliphatic carbocycles. The molecule has 15 heavy (non-hydrogen) atoms. The van der Waals surface area contributed by atoms with Crippen LogP contribution < -0.4 is 11.1 Å². The Bertz CT molecular complexity index is 329. The maximum absolute atomic E-state index is 11.4. The first kappa shape index (κ1) is 10.1. The van der Waals surface area contributed by atoms with E-state index in [9.17, 15) is 14.4 Å². The average Bonchev–Trinajstić information content (AvgIpc) is 2.53. The third-order valence-corrected chi connectivity index (χ3v) is 3.06. The van der Waals surface area contributed by atoms with Crippen molar-refractivity contribution in [1.29, 1.82) is 0 Å². The SMILES string of the molecule is NCC(=O)N1CC[C@@H]2C(=O)NC(=O)[C@@H]2C1. The van der Waals surface area contributed by atoms with Gasteiger partial charge in [-0.25, -0.2) is 0 Å². The molecule has 6 heteroatoms. The van der Waals surface area contributed by atoms with Gasteiger partial charge in [0.15, 0.2) is 0 Å². The number of carbonyl (C=O) groups excluding carboxylic acids is 3. The molecule has 2 atom stereocenters. The first-order chi connectivity index (χ1) is 7.13. The maximum atomic E-state index is 11.4. The summed E-state index contributed by atoms with van der Waals surface area (Å²) in [6.45, 7) is 0.781. The second-order valence-corrected chi connectivity index (χ2v) is 3.90. The fraction of sp³-hybridized carbons (Fsp3) is 0.667. The van der Waals surface area contributed by atoms with E-state index in [-0.39, 0.29) is 36.1 Å².